The fourth-order valence-electron chi connectivity index (χ4n) is 2.46. The van der Waals surface area contributed by atoms with Crippen LogP contribution < -0.4 is 10.2 Å². The molecule has 0 saturated heterocycles. The van der Waals surface area contributed by atoms with Crippen LogP contribution in [0.3, 0.4) is 0 Å². The van der Waals surface area contributed by atoms with Gasteiger partial charge in [-0.2, -0.15) is 4.98 Å². The van der Waals surface area contributed by atoms with E-state index in [2.05, 4.69) is 10.3 Å². The molecular formula is C18H20N4O2. The minimum Gasteiger partial charge on any atom is -0.367 e. The van der Waals surface area contributed by atoms with E-state index in [0.29, 0.717) is 17.6 Å². The van der Waals surface area contributed by atoms with Gasteiger partial charge in [-0.1, -0.05) is 42.5 Å². The molecule has 1 amide bonds. The van der Waals surface area contributed by atoms with Crippen LogP contribution in [-0.4, -0.2) is 41.3 Å². The normalized spacial score (nSPS) is 11.0. The van der Waals surface area contributed by atoms with Crippen molar-refractivity contribution in [2.24, 2.45) is 0 Å². The van der Waals surface area contributed by atoms with Crippen molar-refractivity contribution in [2.45, 2.75) is 6.42 Å². The SMILES string of the molecule is CN(C)Oc1nc2ccccc2n1C(=O)NCCc1ccccc1. The summed E-state index contributed by atoms with van der Waals surface area (Å²) in [4.78, 5) is 22.5. The highest BCUT2D eigenvalue weighted by Crippen LogP contribution is 2.21. The lowest BCUT2D eigenvalue weighted by Crippen LogP contribution is -2.31. The van der Waals surface area contributed by atoms with Gasteiger partial charge >= 0.3 is 12.0 Å². The lowest BCUT2D eigenvalue weighted by atomic mass is 10.1. The topological polar surface area (TPSA) is 59.4 Å². The molecule has 24 heavy (non-hydrogen) atoms. The van der Waals surface area contributed by atoms with E-state index in [-0.39, 0.29) is 12.0 Å². The second-order valence-electron chi connectivity index (χ2n) is 5.59. The molecule has 6 heteroatoms. The molecule has 124 valence electrons. The maximum absolute atomic E-state index is 12.6. The zero-order chi connectivity index (χ0) is 16.9. The Hall–Kier alpha value is -2.86. The fourth-order valence-corrected chi connectivity index (χ4v) is 2.46. The summed E-state index contributed by atoms with van der Waals surface area (Å²) in [5.74, 6) is 0. The molecule has 1 heterocycles. The van der Waals surface area contributed by atoms with Crippen LogP contribution in [0, 0.1) is 0 Å². The third-order valence-electron chi connectivity index (χ3n) is 3.53. The number of fused-ring (bicyclic) bond motifs is 1. The van der Waals surface area contributed by atoms with Crippen LogP contribution in [0.5, 0.6) is 6.01 Å². The highest BCUT2D eigenvalue weighted by molar-refractivity contribution is 5.90. The van der Waals surface area contributed by atoms with Crippen LogP contribution in [0.1, 0.15) is 5.56 Å². The van der Waals surface area contributed by atoms with E-state index in [9.17, 15) is 4.79 Å². The monoisotopic (exact) mass is 324 g/mol. The lowest BCUT2D eigenvalue weighted by Gasteiger charge is -2.13. The number of hydrogen-bond donors (Lipinski definition) is 1. The molecule has 0 aliphatic heterocycles. The van der Waals surface area contributed by atoms with Crippen molar-refractivity contribution in [3.8, 4) is 6.01 Å². The van der Waals surface area contributed by atoms with Crippen molar-refractivity contribution in [2.75, 3.05) is 20.6 Å². The number of amides is 1. The second-order valence-corrected chi connectivity index (χ2v) is 5.59. The minimum atomic E-state index is -0.253. The first-order valence-electron chi connectivity index (χ1n) is 7.80. The Balaban J connectivity index is 1.78. The Morgan fingerprint density at radius 2 is 1.83 bits per heavy atom. The lowest BCUT2D eigenvalue weighted by molar-refractivity contribution is -0.0150. The Labute approximate surface area is 140 Å². The minimum absolute atomic E-state index is 0.249. The van der Waals surface area contributed by atoms with Crippen molar-refractivity contribution < 1.29 is 9.63 Å². The molecule has 3 aromatic rings. The summed E-state index contributed by atoms with van der Waals surface area (Å²) < 4.78 is 1.46. The number of hydrogen-bond acceptors (Lipinski definition) is 4. The Morgan fingerprint density at radius 3 is 2.58 bits per heavy atom. The summed E-state index contributed by atoms with van der Waals surface area (Å²) in [7, 11) is 3.49. The highest BCUT2D eigenvalue weighted by Gasteiger charge is 2.18. The summed E-state index contributed by atoms with van der Waals surface area (Å²) in [6, 6.07) is 17.5. The number of carbonyl (C=O) groups excluding carboxylic acids is 1. The van der Waals surface area contributed by atoms with Gasteiger partial charge in [0.05, 0.1) is 11.0 Å². The molecule has 0 spiro atoms. The average Bonchev–Trinajstić information content (AvgIpc) is 2.92. The molecule has 0 atom stereocenters. The van der Waals surface area contributed by atoms with Crippen molar-refractivity contribution in [3.05, 3.63) is 60.2 Å². The molecule has 6 nitrogen and oxygen atoms in total. The van der Waals surface area contributed by atoms with Crippen LogP contribution in [0.4, 0.5) is 4.79 Å². The van der Waals surface area contributed by atoms with Crippen LogP contribution in [0.2, 0.25) is 0 Å². The number of nitrogens with one attached hydrogen (secondary N) is 1. The van der Waals surface area contributed by atoms with E-state index in [1.807, 2.05) is 54.6 Å². The summed E-state index contributed by atoms with van der Waals surface area (Å²) >= 11 is 0. The number of para-hydroxylation sites is 2. The van der Waals surface area contributed by atoms with Gasteiger partial charge in [0.1, 0.15) is 0 Å². The molecule has 1 N–H and O–H groups in total. The van der Waals surface area contributed by atoms with Crippen LogP contribution in [0.15, 0.2) is 54.6 Å². The van der Waals surface area contributed by atoms with Gasteiger partial charge in [-0.3, -0.25) is 0 Å². The molecular weight excluding hydrogens is 304 g/mol. The maximum Gasteiger partial charge on any atom is 0.330 e. The quantitative estimate of drug-likeness (QED) is 0.733. The molecule has 0 unspecified atom stereocenters. The van der Waals surface area contributed by atoms with Gasteiger partial charge in [0.25, 0.3) is 0 Å². The highest BCUT2D eigenvalue weighted by atomic mass is 16.7. The predicted octanol–water partition coefficient (Wildman–Crippen LogP) is 2.69. The number of hydroxylamine groups is 2. The summed E-state index contributed by atoms with van der Waals surface area (Å²) in [5, 5.41) is 4.43. The Bertz CT molecular complexity index is 827. The number of rotatable bonds is 5. The van der Waals surface area contributed by atoms with E-state index in [0.717, 1.165) is 6.42 Å². The van der Waals surface area contributed by atoms with Gasteiger partial charge in [0, 0.05) is 20.6 Å². The Morgan fingerprint density at radius 1 is 1.12 bits per heavy atom. The van der Waals surface area contributed by atoms with Gasteiger partial charge in [-0.15, -0.1) is 5.06 Å². The first kappa shape index (κ1) is 16.0. The molecule has 0 saturated carbocycles. The standard InChI is InChI=1S/C18H20N4O2/c1-21(2)24-18-20-15-10-6-7-11-16(15)22(18)17(23)19-13-12-14-8-4-3-5-9-14/h3-11H,12-13H2,1-2H3,(H,19,23). The van der Waals surface area contributed by atoms with E-state index in [1.165, 1.54) is 15.2 Å². The van der Waals surface area contributed by atoms with Crippen molar-refractivity contribution in [1.29, 1.82) is 0 Å². The molecule has 0 radical (unpaired) electrons. The number of aromatic nitrogens is 2. The third-order valence-corrected chi connectivity index (χ3v) is 3.53. The molecule has 0 bridgehead atoms. The molecule has 2 aromatic carbocycles. The predicted molar refractivity (Wildman–Crippen MR) is 93.0 cm³/mol. The smallest absolute Gasteiger partial charge is 0.330 e. The summed E-state index contributed by atoms with van der Waals surface area (Å²) in [5.41, 5.74) is 2.61. The van der Waals surface area contributed by atoms with E-state index in [4.69, 9.17) is 4.84 Å². The third kappa shape index (κ3) is 3.55. The number of nitrogens with zero attached hydrogens (tertiary/aromatic N) is 3. The summed E-state index contributed by atoms with van der Waals surface area (Å²) in [6.07, 6.45) is 0.767. The van der Waals surface area contributed by atoms with E-state index < -0.39 is 0 Å². The molecule has 0 aliphatic carbocycles. The first-order valence-corrected chi connectivity index (χ1v) is 7.80. The second kappa shape index (κ2) is 7.14. The van der Waals surface area contributed by atoms with Gasteiger partial charge in [-0.05, 0) is 24.1 Å². The molecule has 3 rings (SSSR count). The number of imidazole rings is 1. The largest absolute Gasteiger partial charge is 0.367 e. The van der Waals surface area contributed by atoms with Gasteiger partial charge < -0.3 is 10.2 Å². The van der Waals surface area contributed by atoms with Crippen molar-refractivity contribution in [3.63, 3.8) is 0 Å². The van der Waals surface area contributed by atoms with E-state index in [1.54, 1.807) is 14.1 Å². The van der Waals surface area contributed by atoms with Gasteiger partial charge in [0.15, 0.2) is 0 Å². The van der Waals surface area contributed by atoms with E-state index >= 15 is 0 Å². The van der Waals surface area contributed by atoms with Crippen molar-refractivity contribution >= 4 is 17.1 Å². The summed E-state index contributed by atoms with van der Waals surface area (Å²) in [6.45, 7) is 0.538. The van der Waals surface area contributed by atoms with Crippen LogP contribution in [0.25, 0.3) is 11.0 Å². The van der Waals surface area contributed by atoms with Gasteiger partial charge in [0.2, 0.25) is 0 Å². The van der Waals surface area contributed by atoms with Gasteiger partial charge in [-0.25, -0.2) is 9.36 Å². The van der Waals surface area contributed by atoms with Crippen LogP contribution >= 0.6 is 0 Å². The molecule has 0 fully saturated rings. The average molecular weight is 324 g/mol. The van der Waals surface area contributed by atoms with Crippen LogP contribution in [-0.2, 0) is 6.42 Å². The number of benzene rings is 2. The zero-order valence-corrected chi connectivity index (χ0v) is 13.8. The number of carbonyl (C=O) groups is 1. The Kier molecular flexibility index (Phi) is 4.77. The first-order chi connectivity index (χ1) is 11.6. The van der Waals surface area contributed by atoms with Crippen molar-refractivity contribution in [1.82, 2.24) is 19.9 Å². The molecule has 1 aromatic heterocycles. The maximum atomic E-state index is 12.6. The molecule has 0 aliphatic rings. The zero-order valence-electron chi connectivity index (χ0n) is 13.8. The fraction of sp³-hybridized carbons (Fsp3) is 0.222.